The molecule has 0 spiro atoms. The van der Waals surface area contributed by atoms with E-state index in [1.165, 1.54) is 0 Å². The molecule has 2 aromatic rings. The highest BCUT2D eigenvalue weighted by molar-refractivity contribution is 7.20. The Morgan fingerprint density at radius 3 is 2.70 bits per heavy atom. The fourth-order valence-corrected chi connectivity index (χ4v) is 3.94. The van der Waals surface area contributed by atoms with Crippen LogP contribution in [-0.4, -0.2) is 50.7 Å². The SMILES string of the molecule is C=CCN(Cc1nc2sc(C(=O)OC(C)C)c(C)c2c(=O)[nH]1)CC(C)(C)O. The number of nitrogens with zero attached hydrogens (tertiary/aromatic N) is 2. The number of rotatable bonds is 8. The minimum absolute atomic E-state index is 0.238. The number of aryl methyl sites for hydroxylation is 1. The van der Waals surface area contributed by atoms with Gasteiger partial charge in [-0.2, -0.15) is 0 Å². The van der Waals surface area contributed by atoms with Crippen molar-refractivity contribution in [1.82, 2.24) is 14.9 Å². The maximum Gasteiger partial charge on any atom is 0.348 e. The Bertz CT molecular complexity index is 893. The summed E-state index contributed by atoms with van der Waals surface area (Å²) in [5, 5.41) is 10.5. The third kappa shape index (κ3) is 5.47. The van der Waals surface area contributed by atoms with Crippen LogP contribution in [0.2, 0.25) is 0 Å². The number of esters is 1. The maximum atomic E-state index is 12.6. The summed E-state index contributed by atoms with van der Waals surface area (Å²) in [5.41, 5.74) is -0.588. The fourth-order valence-electron chi connectivity index (χ4n) is 2.85. The summed E-state index contributed by atoms with van der Waals surface area (Å²) >= 11 is 1.16. The standard InChI is InChI=1S/C19H27N3O4S/c1-7-8-22(10-19(5,6)25)9-13-20-16(23)14-12(4)15(27-17(14)21-13)18(24)26-11(2)3/h7,11,25H,1,8-10H2,2-6H3,(H,20,21,23). The van der Waals surface area contributed by atoms with E-state index in [1.54, 1.807) is 40.7 Å². The first kappa shape index (κ1) is 21.3. The number of nitrogens with one attached hydrogen (secondary N) is 1. The molecule has 0 bridgehead atoms. The van der Waals surface area contributed by atoms with E-state index >= 15 is 0 Å². The summed E-state index contributed by atoms with van der Waals surface area (Å²) in [6.45, 7) is 13.7. The molecule has 0 unspecified atom stereocenters. The van der Waals surface area contributed by atoms with Crippen molar-refractivity contribution in [2.75, 3.05) is 13.1 Å². The average Bonchev–Trinajstić information content (AvgIpc) is 2.82. The quantitative estimate of drug-likeness (QED) is 0.529. The highest BCUT2D eigenvalue weighted by Gasteiger charge is 2.22. The van der Waals surface area contributed by atoms with Gasteiger partial charge in [-0.3, -0.25) is 9.69 Å². The van der Waals surface area contributed by atoms with E-state index in [4.69, 9.17) is 4.74 Å². The Kier molecular flexibility index (Phi) is 6.56. The molecule has 0 fully saturated rings. The molecular weight excluding hydrogens is 366 g/mol. The minimum atomic E-state index is -0.888. The van der Waals surface area contributed by atoms with Crippen LogP contribution in [0.3, 0.4) is 0 Å². The van der Waals surface area contributed by atoms with E-state index in [0.29, 0.717) is 46.1 Å². The largest absolute Gasteiger partial charge is 0.459 e. The molecule has 0 amide bonds. The van der Waals surface area contributed by atoms with E-state index < -0.39 is 11.6 Å². The van der Waals surface area contributed by atoms with Crippen LogP contribution in [0.15, 0.2) is 17.4 Å². The van der Waals surface area contributed by atoms with Gasteiger partial charge in [0, 0.05) is 13.1 Å². The molecule has 0 radical (unpaired) electrons. The first-order chi connectivity index (χ1) is 12.5. The van der Waals surface area contributed by atoms with Gasteiger partial charge in [0.15, 0.2) is 0 Å². The van der Waals surface area contributed by atoms with Crippen molar-refractivity contribution in [1.29, 1.82) is 0 Å². The zero-order chi connectivity index (χ0) is 20.4. The molecule has 2 N–H and O–H groups in total. The molecule has 0 aliphatic carbocycles. The number of carbonyl (C=O) groups is 1. The molecule has 0 saturated carbocycles. The van der Waals surface area contributed by atoms with Gasteiger partial charge in [0.05, 0.1) is 23.6 Å². The summed E-state index contributed by atoms with van der Waals surface area (Å²) in [6.07, 6.45) is 1.50. The molecular formula is C19H27N3O4S. The first-order valence-corrected chi connectivity index (χ1v) is 9.62. The summed E-state index contributed by atoms with van der Waals surface area (Å²) in [6, 6.07) is 0. The van der Waals surface area contributed by atoms with Gasteiger partial charge in [-0.05, 0) is 40.2 Å². The zero-order valence-corrected chi connectivity index (χ0v) is 17.3. The van der Waals surface area contributed by atoms with Gasteiger partial charge in [-0.25, -0.2) is 9.78 Å². The van der Waals surface area contributed by atoms with Crippen molar-refractivity contribution in [3.05, 3.63) is 39.3 Å². The average molecular weight is 394 g/mol. The van der Waals surface area contributed by atoms with Gasteiger partial charge in [-0.15, -0.1) is 17.9 Å². The second kappa shape index (κ2) is 8.33. The van der Waals surface area contributed by atoms with Gasteiger partial charge >= 0.3 is 5.97 Å². The van der Waals surface area contributed by atoms with E-state index in [1.807, 2.05) is 4.90 Å². The normalized spacial score (nSPS) is 12.1. The topological polar surface area (TPSA) is 95.5 Å². The van der Waals surface area contributed by atoms with E-state index in [-0.39, 0.29) is 11.7 Å². The number of aromatic amines is 1. The monoisotopic (exact) mass is 393 g/mol. The van der Waals surface area contributed by atoms with Gasteiger partial charge in [-0.1, -0.05) is 6.08 Å². The third-order valence-corrected chi connectivity index (χ3v) is 4.91. The molecule has 148 valence electrons. The van der Waals surface area contributed by atoms with Crippen LogP contribution in [-0.2, 0) is 11.3 Å². The van der Waals surface area contributed by atoms with Crippen LogP contribution < -0.4 is 5.56 Å². The van der Waals surface area contributed by atoms with E-state index in [0.717, 1.165) is 11.3 Å². The van der Waals surface area contributed by atoms with Crippen molar-refractivity contribution in [3.8, 4) is 0 Å². The number of aliphatic hydroxyl groups is 1. The van der Waals surface area contributed by atoms with Crippen molar-refractivity contribution in [2.24, 2.45) is 0 Å². The molecule has 27 heavy (non-hydrogen) atoms. The Labute approximate surface area is 162 Å². The van der Waals surface area contributed by atoms with Crippen LogP contribution >= 0.6 is 11.3 Å². The molecule has 0 saturated heterocycles. The predicted octanol–water partition coefficient (Wildman–Crippen LogP) is 2.62. The lowest BCUT2D eigenvalue weighted by Crippen LogP contribution is -2.39. The Hall–Kier alpha value is -2.03. The predicted molar refractivity (Wildman–Crippen MR) is 107 cm³/mol. The molecule has 2 aromatic heterocycles. The van der Waals surface area contributed by atoms with Gasteiger partial charge in [0.1, 0.15) is 15.5 Å². The molecule has 0 atom stereocenters. The zero-order valence-electron chi connectivity index (χ0n) is 16.5. The van der Waals surface area contributed by atoms with Crippen molar-refractivity contribution in [3.63, 3.8) is 0 Å². The minimum Gasteiger partial charge on any atom is -0.459 e. The van der Waals surface area contributed by atoms with Crippen LogP contribution in [0.4, 0.5) is 0 Å². The summed E-state index contributed by atoms with van der Waals surface area (Å²) < 4.78 is 5.25. The van der Waals surface area contributed by atoms with E-state index in [9.17, 15) is 14.7 Å². The lowest BCUT2D eigenvalue weighted by atomic mass is 10.1. The second-order valence-corrected chi connectivity index (χ2v) is 8.47. The molecule has 2 rings (SSSR count). The molecule has 0 aliphatic heterocycles. The van der Waals surface area contributed by atoms with Crippen LogP contribution in [0.5, 0.6) is 0 Å². The number of hydrogen-bond donors (Lipinski definition) is 2. The number of ether oxygens (including phenoxy) is 1. The van der Waals surface area contributed by atoms with Gasteiger partial charge in [0.25, 0.3) is 5.56 Å². The number of fused-ring (bicyclic) bond motifs is 1. The Morgan fingerprint density at radius 2 is 2.15 bits per heavy atom. The summed E-state index contributed by atoms with van der Waals surface area (Å²) in [4.78, 5) is 35.0. The van der Waals surface area contributed by atoms with Crippen molar-refractivity contribution in [2.45, 2.75) is 52.9 Å². The Morgan fingerprint density at radius 1 is 1.48 bits per heavy atom. The molecule has 0 aliphatic rings. The molecule has 2 heterocycles. The molecule has 0 aromatic carbocycles. The maximum absolute atomic E-state index is 12.6. The number of hydrogen-bond acceptors (Lipinski definition) is 7. The highest BCUT2D eigenvalue weighted by Crippen LogP contribution is 2.28. The van der Waals surface area contributed by atoms with Gasteiger partial charge in [0.2, 0.25) is 0 Å². The fraction of sp³-hybridized carbons (Fsp3) is 0.526. The molecule has 7 nitrogen and oxygen atoms in total. The first-order valence-electron chi connectivity index (χ1n) is 8.80. The number of aromatic nitrogens is 2. The summed E-state index contributed by atoms with van der Waals surface area (Å²) in [7, 11) is 0. The van der Waals surface area contributed by atoms with Crippen molar-refractivity contribution < 1.29 is 14.6 Å². The molecule has 8 heteroatoms. The van der Waals surface area contributed by atoms with Crippen molar-refractivity contribution >= 4 is 27.5 Å². The smallest absolute Gasteiger partial charge is 0.348 e. The van der Waals surface area contributed by atoms with Gasteiger partial charge < -0.3 is 14.8 Å². The number of thiophene rings is 1. The van der Waals surface area contributed by atoms with Crippen LogP contribution in [0, 0.1) is 6.92 Å². The lowest BCUT2D eigenvalue weighted by Gasteiger charge is -2.27. The Balaban J connectivity index is 2.39. The van der Waals surface area contributed by atoms with E-state index in [2.05, 4.69) is 16.5 Å². The van der Waals surface area contributed by atoms with Crippen LogP contribution in [0.25, 0.3) is 10.2 Å². The lowest BCUT2D eigenvalue weighted by molar-refractivity contribution is 0.0365. The summed E-state index contributed by atoms with van der Waals surface area (Å²) in [5.74, 6) is 0.0328. The second-order valence-electron chi connectivity index (χ2n) is 7.47. The number of H-pyrrole nitrogens is 1. The highest BCUT2D eigenvalue weighted by atomic mass is 32.1. The third-order valence-electron chi connectivity index (χ3n) is 3.75. The number of carbonyl (C=O) groups excluding carboxylic acids is 1. The van der Waals surface area contributed by atoms with Crippen LogP contribution in [0.1, 0.15) is 48.8 Å².